The lowest BCUT2D eigenvalue weighted by atomic mass is 9.99. The number of benzene rings is 1. The lowest BCUT2D eigenvalue weighted by Gasteiger charge is -2.12. The molecule has 1 atom stereocenters. The number of nitrogens with one attached hydrogen (secondary N) is 2. The van der Waals surface area contributed by atoms with Crippen molar-refractivity contribution in [1.29, 1.82) is 0 Å². The summed E-state index contributed by atoms with van der Waals surface area (Å²) in [6.07, 6.45) is 1.14. The van der Waals surface area contributed by atoms with Gasteiger partial charge in [-0.2, -0.15) is 0 Å². The molecule has 0 aliphatic carbocycles. The molecule has 1 unspecified atom stereocenters. The summed E-state index contributed by atoms with van der Waals surface area (Å²) in [5, 5.41) is 6.66. The molecule has 1 heterocycles. The van der Waals surface area contributed by atoms with Gasteiger partial charge in [-0.15, -0.1) is 0 Å². The summed E-state index contributed by atoms with van der Waals surface area (Å²) >= 11 is 5.31. The molecular formula is C17H22N4S. The van der Waals surface area contributed by atoms with E-state index in [4.69, 9.17) is 12.2 Å². The predicted molar refractivity (Wildman–Crippen MR) is 96.5 cm³/mol. The van der Waals surface area contributed by atoms with Crippen LogP contribution in [0.4, 0.5) is 11.6 Å². The third kappa shape index (κ3) is 4.49. The van der Waals surface area contributed by atoms with E-state index in [-0.39, 0.29) is 0 Å². The predicted octanol–water partition coefficient (Wildman–Crippen LogP) is 4.42. The maximum absolute atomic E-state index is 5.31. The van der Waals surface area contributed by atoms with E-state index in [0.29, 0.717) is 17.0 Å². The third-order valence-corrected chi connectivity index (χ3v) is 3.76. The monoisotopic (exact) mass is 314 g/mol. The van der Waals surface area contributed by atoms with Crippen LogP contribution in [0.25, 0.3) is 0 Å². The molecule has 0 spiro atoms. The molecule has 1 aromatic carbocycles. The second-order valence-electron chi connectivity index (χ2n) is 5.48. The van der Waals surface area contributed by atoms with Crippen molar-refractivity contribution < 1.29 is 0 Å². The topological polar surface area (TPSA) is 49.8 Å². The van der Waals surface area contributed by atoms with Crippen molar-refractivity contribution in [3.8, 4) is 0 Å². The Morgan fingerprint density at radius 2 is 1.68 bits per heavy atom. The van der Waals surface area contributed by atoms with Crippen molar-refractivity contribution >= 4 is 29.0 Å². The van der Waals surface area contributed by atoms with Gasteiger partial charge in [-0.25, -0.2) is 9.97 Å². The fourth-order valence-corrected chi connectivity index (χ4v) is 2.39. The molecule has 2 aromatic rings. The second-order valence-corrected chi connectivity index (χ2v) is 5.89. The zero-order valence-electron chi connectivity index (χ0n) is 13.5. The number of thiocarbonyl (C=S) groups is 1. The van der Waals surface area contributed by atoms with Gasteiger partial charge in [-0.05, 0) is 62.2 Å². The van der Waals surface area contributed by atoms with Crippen molar-refractivity contribution in [3.05, 3.63) is 47.3 Å². The molecule has 2 N–H and O–H groups in total. The molecule has 0 bridgehead atoms. The minimum Gasteiger partial charge on any atom is -0.332 e. The highest BCUT2D eigenvalue weighted by molar-refractivity contribution is 7.80. The molecule has 5 heteroatoms. The SMILES string of the molecule is CCC(C)c1ccc(NC(=S)Nc2nc(C)cc(C)n2)cc1. The zero-order valence-corrected chi connectivity index (χ0v) is 14.3. The van der Waals surface area contributed by atoms with Crippen LogP contribution in [0.15, 0.2) is 30.3 Å². The largest absolute Gasteiger partial charge is 0.332 e. The number of nitrogens with zero attached hydrogens (tertiary/aromatic N) is 2. The molecular weight excluding hydrogens is 292 g/mol. The fraction of sp³-hybridized carbons (Fsp3) is 0.353. The van der Waals surface area contributed by atoms with Crippen LogP contribution in [-0.2, 0) is 0 Å². The molecule has 2 rings (SSSR count). The molecule has 1 aromatic heterocycles. The van der Waals surface area contributed by atoms with Gasteiger partial charge in [0.1, 0.15) is 0 Å². The lowest BCUT2D eigenvalue weighted by Crippen LogP contribution is -2.21. The molecule has 0 fully saturated rings. The second kappa shape index (κ2) is 7.31. The first kappa shape index (κ1) is 16.4. The van der Waals surface area contributed by atoms with Crippen LogP contribution in [0.1, 0.15) is 43.1 Å². The van der Waals surface area contributed by atoms with Crippen LogP contribution in [0.3, 0.4) is 0 Å². The highest BCUT2D eigenvalue weighted by Crippen LogP contribution is 2.20. The summed E-state index contributed by atoms with van der Waals surface area (Å²) in [5.41, 5.74) is 4.12. The van der Waals surface area contributed by atoms with Crippen LogP contribution < -0.4 is 10.6 Å². The Bertz CT molecular complexity index is 632. The molecule has 0 saturated carbocycles. The summed E-state index contributed by atoms with van der Waals surface area (Å²) in [6, 6.07) is 10.3. The van der Waals surface area contributed by atoms with Crippen LogP contribution in [0.5, 0.6) is 0 Å². The summed E-state index contributed by atoms with van der Waals surface area (Å²) < 4.78 is 0. The summed E-state index contributed by atoms with van der Waals surface area (Å²) in [6.45, 7) is 8.29. The average Bonchev–Trinajstić information content (AvgIpc) is 2.46. The van der Waals surface area contributed by atoms with E-state index in [1.165, 1.54) is 5.56 Å². The molecule has 4 nitrogen and oxygen atoms in total. The first-order chi connectivity index (χ1) is 10.5. The Hall–Kier alpha value is -2.01. The molecule has 0 aliphatic rings. The van der Waals surface area contributed by atoms with Gasteiger partial charge >= 0.3 is 0 Å². The van der Waals surface area contributed by atoms with Crippen LogP contribution in [0.2, 0.25) is 0 Å². The molecule has 116 valence electrons. The normalized spacial score (nSPS) is 11.8. The maximum Gasteiger partial charge on any atom is 0.229 e. The van der Waals surface area contributed by atoms with E-state index < -0.39 is 0 Å². The Morgan fingerprint density at radius 1 is 1.09 bits per heavy atom. The van der Waals surface area contributed by atoms with Gasteiger partial charge in [0.2, 0.25) is 5.95 Å². The van der Waals surface area contributed by atoms with Gasteiger partial charge in [0.05, 0.1) is 0 Å². The summed E-state index contributed by atoms with van der Waals surface area (Å²) in [7, 11) is 0. The minimum atomic E-state index is 0.487. The first-order valence-corrected chi connectivity index (χ1v) is 7.89. The Balaban J connectivity index is 1.99. The number of hydrogen-bond acceptors (Lipinski definition) is 3. The molecule has 22 heavy (non-hydrogen) atoms. The third-order valence-electron chi connectivity index (χ3n) is 3.56. The Kier molecular flexibility index (Phi) is 5.44. The number of anilines is 2. The van der Waals surface area contributed by atoms with Crippen molar-refractivity contribution in [2.24, 2.45) is 0 Å². The zero-order chi connectivity index (χ0) is 16.1. The van der Waals surface area contributed by atoms with Gasteiger partial charge in [-0.3, -0.25) is 0 Å². The van der Waals surface area contributed by atoms with Gasteiger partial charge in [0, 0.05) is 17.1 Å². The van der Waals surface area contributed by atoms with Gasteiger partial charge < -0.3 is 10.6 Å². The molecule has 0 amide bonds. The van der Waals surface area contributed by atoms with Crippen molar-refractivity contribution in [3.63, 3.8) is 0 Å². The number of aryl methyl sites for hydroxylation is 2. The Labute approximate surface area is 137 Å². The minimum absolute atomic E-state index is 0.487. The standard InChI is InChI=1S/C17H22N4S/c1-5-11(2)14-6-8-15(9-7-14)20-17(22)21-16-18-12(3)10-13(4)19-16/h6-11H,5H2,1-4H3,(H2,18,19,20,21,22). The molecule has 0 radical (unpaired) electrons. The number of hydrogen-bond donors (Lipinski definition) is 2. The van der Waals surface area contributed by atoms with E-state index in [9.17, 15) is 0 Å². The van der Waals surface area contributed by atoms with E-state index in [2.05, 4.69) is 46.6 Å². The average molecular weight is 314 g/mol. The number of aromatic nitrogens is 2. The lowest BCUT2D eigenvalue weighted by molar-refractivity contribution is 0.734. The van der Waals surface area contributed by atoms with E-state index in [1.807, 2.05) is 32.0 Å². The van der Waals surface area contributed by atoms with E-state index >= 15 is 0 Å². The highest BCUT2D eigenvalue weighted by atomic mass is 32.1. The quantitative estimate of drug-likeness (QED) is 0.818. The fourth-order valence-electron chi connectivity index (χ4n) is 2.18. The molecule has 0 aliphatic heterocycles. The van der Waals surface area contributed by atoms with Crippen LogP contribution in [0, 0.1) is 13.8 Å². The van der Waals surface area contributed by atoms with Gasteiger partial charge in [0.15, 0.2) is 5.11 Å². The van der Waals surface area contributed by atoms with E-state index in [0.717, 1.165) is 23.5 Å². The van der Waals surface area contributed by atoms with Gasteiger partial charge in [-0.1, -0.05) is 26.0 Å². The highest BCUT2D eigenvalue weighted by Gasteiger charge is 2.05. The van der Waals surface area contributed by atoms with Crippen LogP contribution >= 0.6 is 12.2 Å². The maximum atomic E-state index is 5.31. The van der Waals surface area contributed by atoms with Crippen molar-refractivity contribution in [2.75, 3.05) is 10.6 Å². The van der Waals surface area contributed by atoms with Crippen molar-refractivity contribution in [1.82, 2.24) is 9.97 Å². The van der Waals surface area contributed by atoms with E-state index in [1.54, 1.807) is 0 Å². The van der Waals surface area contributed by atoms with Gasteiger partial charge in [0.25, 0.3) is 0 Å². The summed E-state index contributed by atoms with van der Waals surface area (Å²) in [4.78, 5) is 8.63. The van der Waals surface area contributed by atoms with Crippen LogP contribution in [-0.4, -0.2) is 15.1 Å². The van der Waals surface area contributed by atoms with Crippen molar-refractivity contribution in [2.45, 2.75) is 40.0 Å². The Morgan fingerprint density at radius 3 is 2.23 bits per heavy atom. The number of rotatable bonds is 4. The summed E-state index contributed by atoms with van der Waals surface area (Å²) in [5.74, 6) is 1.09. The smallest absolute Gasteiger partial charge is 0.229 e. The molecule has 0 saturated heterocycles. The first-order valence-electron chi connectivity index (χ1n) is 7.48.